The molecule has 2 heterocycles. The minimum absolute atomic E-state index is 0.0339. The van der Waals surface area contributed by atoms with Crippen molar-refractivity contribution in [1.29, 1.82) is 0 Å². The molecule has 0 radical (unpaired) electrons. The number of hydrogen-bond donors (Lipinski definition) is 1. The Labute approximate surface area is 152 Å². The fourth-order valence-corrected chi connectivity index (χ4v) is 5.53. The highest BCUT2D eigenvalue weighted by Gasteiger charge is 2.28. The van der Waals surface area contributed by atoms with Crippen molar-refractivity contribution in [3.05, 3.63) is 17.5 Å². The molecule has 1 aliphatic heterocycles. The van der Waals surface area contributed by atoms with Crippen LogP contribution < -0.4 is 4.72 Å². The lowest BCUT2D eigenvalue weighted by atomic mass is 9.98. The van der Waals surface area contributed by atoms with Crippen LogP contribution in [0, 0.1) is 5.92 Å². The molecule has 142 valence electrons. The number of rotatable bonds is 7. The summed E-state index contributed by atoms with van der Waals surface area (Å²) in [5.41, 5.74) is 0. The summed E-state index contributed by atoms with van der Waals surface area (Å²) >= 11 is 1.11. The van der Waals surface area contributed by atoms with E-state index in [4.69, 9.17) is 0 Å². The lowest BCUT2D eigenvalue weighted by molar-refractivity contribution is -0.132. The second-order valence-electron chi connectivity index (χ2n) is 6.16. The van der Waals surface area contributed by atoms with E-state index in [1.54, 1.807) is 16.3 Å². The number of thiophene rings is 1. The number of sulfonamides is 2. The molecular weight excluding hydrogens is 386 g/mol. The molecule has 25 heavy (non-hydrogen) atoms. The summed E-state index contributed by atoms with van der Waals surface area (Å²) in [6, 6.07) is 3.16. The van der Waals surface area contributed by atoms with Crippen LogP contribution in [0.1, 0.15) is 12.8 Å². The van der Waals surface area contributed by atoms with Gasteiger partial charge in [0.1, 0.15) is 4.21 Å². The van der Waals surface area contributed by atoms with Crippen molar-refractivity contribution >= 4 is 37.3 Å². The normalized spacial score (nSPS) is 19.3. The molecule has 0 spiro atoms. The van der Waals surface area contributed by atoms with E-state index >= 15 is 0 Å². The zero-order valence-electron chi connectivity index (χ0n) is 14.2. The van der Waals surface area contributed by atoms with Crippen LogP contribution in [-0.2, 0) is 24.8 Å². The maximum Gasteiger partial charge on any atom is 0.252 e. The first-order valence-electron chi connectivity index (χ1n) is 7.82. The van der Waals surface area contributed by atoms with Crippen molar-refractivity contribution < 1.29 is 21.6 Å². The lowest BCUT2D eigenvalue weighted by Crippen LogP contribution is -2.47. The zero-order valence-corrected chi connectivity index (χ0v) is 16.7. The number of nitrogens with zero attached hydrogens (tertiary/aromatic N) is 2. The number of amides is 1. The van der Waals surface area contributed by atoms with Crippen LogP contribution in [-0.4, -0.2) is 71.4 Å². The molecule has 0 saturated carbocycles. The average Bonchev–Trinajstić information content (AvgIpc) is 3.07. The molecule has 1 N–H and O–H groups in total. The number of likely N-dealkylation sites (N-methyl/N-ethyl adjacent to an activating group) is 1. The minimum Gasteiger partial charge on any atom is -0.341 e. The summed E-state index contributed by atoms with van der Waals surface area (Å²) in [4.78, 5) is 14.1. The van der Waals surface area contributed by atoms with E-state index in [-0.39, 0.29) is 29.1 Å². The van der Waals surface area contributed by atoms with Crippen molar-refractivity contribution in [2.24, 2.45) is 5.92 Å². The van der Waals surface area contributed by atoms with E-state index in [9.17, 15) is 21.6 Å². The highest BCUT2D eigenvalue weighted by atomic mass is 32.2. The van der Waals surface area contributed by atoms with Crippen LogP contribution in [0.4, 0.5) is 0 Å². The molecule has 0 aliphatic carbocycles. The van der Waals surface area contributed by atoms with Gasteiger partial charge in [0.15, 0.2) is 0 Å². The van der Waals surface area contributed by atoms with Crippen molar-refractivity contribution in [3.8, 4) is 0 Å². The third kappa shape index (κ3) is 5.74. The maximum absolute atomic E-state index is 12.5. The number of nitrogens with one attached hydrogen (secondary N) is 1. The monoisotopic (exact) mass is 409 g/mol. The Morgan fingerprint density at radius 3 is 2.72 bits per heavy atom. The molecule has 1 atom stereocenters. The number of carbonyl (C=O) groups is 1. The highest BCUT2D eigenvalue weighted by molar-refractivity contribution is 7.91. The van der Waals surface area contributed by atoms with Gasteiger partial charge < -0.3 is 4.90 Å². The molecule has 0 aromatic carbocycles. The molecule has 1 saturated heterocycles. The summed E-state index contributed by atoms with van der Waals surface area (Å²) in [5.74, 6) is -0.238. The summed E-state index contributed by atoms with van der Waals surface area (Å²) < 4.78 is 50.9. The number of hydrogen-bond acceptors (Lipinski definition) is 6. The molecule has 1 aliphatic rings. The van der Waals surface area contributed by atoms with Crippen molar-refractivity contribution in [2.75, 3.05) is 39.5 Å². The number of piperidine rings is 1. The van der Waals surface area contributed by atoms with Gasteiger partial charge in [-0.2, -0.15) is 4.31 Å². The van der Waals surface area contributed by atoms with Crippen LogP contribution in [0.5, 0.6) is 0 Å². The molecule has 1 fully saturated rings. The van der Waals surface area contributed by atoms with E-state index in [0.29, 0.717) is 13.1 Å². The molecule has 11 heteroatoms. The number of carbonyl (C=O) groups excluding carboxylic acids is 1. The van der Waals surface area contributed by atoms with Gasteiger partial charge in [0, 0.05) is 26.7 Å². The largest absolute Gasteiger partial charge is 0.341 e. The fraction of sp³-hybridized carbons (Fsp3) is 0.643. The van der Waals surface area contributed by atoms with E-state index in [0.717, 1.165) is 34.7 Å². The Kier molecular flexibility index (Phi) is 6.60. The van der Waals surface area contributed by atoms with Gasteiger partial charge in [-0.1, -0.05) is 6.07 Å². The van der Waals surface area contributed by atoms with Gasteiger partial charge in [-0.05, 0) is 30.2 Å². The maximum atomic E-state index is 12.5. The van der Waals surface area contributed by atoms with Gasteiger partial charge in [0.05, 0.1) is 12.8 Å². The molecule has 1 aromatic rings. The van der Waals surface area contributed by atoms with Crippen molar-refractivity contribution in [2.45, 2.75) is 17.1 Å². The zero-order chi connectivity index (χ0) is 18.7. The van der Waals surface area contributed by atoms with E-state index < -0.39 is 20.0 Å². The van der Waals surface area contributed by atoms with Gasteiger partial charge in [0.25, 0.3) is 10.0 Å². The third-order valence-corrected chi connectivity index (χ3v) is 7.89. The lowest BCUT2D eigenvalue weighted by Gasteiger charge is -2.33. The minimum atomic E-state index is -3.66. The fourth-order valence-electron chi connectivity index (χ4n) is 2.67. The Morgan fingerprint density at radius 2 is 2.12 bits per heavy atom. The third-order valence-electron chi connectivity index (χ3n) is 4.02. The Hall–Kier alpha value is -1.01. The van der Waals surface area contributed by atoms with Crippen LogP contribution in [0.15, 0.2) is 21.7 Å². The standard InChI is InChI=1S/C14H23N3O5S3/c1-16(25(21,22)14-6-4-8-23-14)11-13(18)17-7-3-5-12(10-17)9-15-24(2,19)20/h4,6,8,12,15H,3,5,7,9-11H2,1-2H3. The van der Waals surface area contributed by atoms with E-state index in [1.165, 1.54) is 13.1 Å². The van der Waals surface area contributed by atoms with Crippen LogP contribution in [0.25, 0.3) is 0 Å². The first-order valence-corrected chi connectivity index (χ1v) is 12.0. The Morgan fingerprint density at radius 1 is 1.40 bits per heavy atom. The van der Waals surface area contributed by atoms with Gasteiger partial charge in [-0.15, -0.1) is 11.3 Å². The van der Waals surface area contributed by atoms with Gasteiger partial charge >= 0.3 is 0 Å². The molecule has 1 unspecified atom stereocenters. The smallest absolute Gasteiger partial charge is 0.252 e. The van der Waals surface area contributed by atoms with E-state index in [2.05, 4.69) is 4.72 Å². The molecule has 8 nitrogen and oxygen atoms in total. The quantitative estimate of drug-likeness (QED) is 0.691. The second kappa shape index (κ2) is 8.12. The average molecular weight is 410 g/mol. The van der Waals surface area contributed by atoms with E-state index in [1.807, 2.05) is 0 Å². The SMILES string of the molecule is CN(CC(=O)N1CCCC(CNS(C)(=O)=O)C1)S(=O)(=O)c1cccs1. The van der Waals surface area contributed by atoms with Gasteiger partial charge in [0.2, 0.25) is 15.9 Å². The first-order chi connectivity index (χ1) is 11.6. The van der Waals surface area contributed by atoms with Gasteiger partial charge in [-0.3, -0.25) is 4.79 Å². The summed E-state index contributed by atoms with van der Waals surface area (Å²) in [7, 11) is -5.54. The summed E-state index contributed by atoms with van der Waals surface area (Å²) in [6.07, 6.45) is 2.70. The Bertz CT molecular complexity index is 790. The van der Waals surface area contributed by atoms with Crippen molar-refractivity contribution in [3.63, 3.8) is 0 Å². The van der Waals surface area contributed by atoms with Crippen molar-refractivity contribution in [1.82, 2.24) is 13.9 Å². The molecule has 2 rings (SSSR count). The predicted molar refractivity (Wildman–Crippen MR) is 96.3 cm³/mol. The predicted octanol–water partition coefficient (Wildman–Crippen LogP) is 0.156. The summed E-state index contributed by atoms with van der Waals surface area (Å²) in [5, 5.41) is 1.67. The summed E-state index contributed by atoms with van der Waals surface area (Å²) in [6.45, 7) is 1.04. The molecule has 1 amide bonds. The van der Waals surface area contributed by atoms with Crippen LogP contribution >= 0.6 is 11.3 Å². The molecule has 1 aromatic heterocycles. The van der Waals surface area contributed by atoms with Crippen LogP contribution in [0.2, 0.25) is 0 Å². The first kappa shape index (κ1) is 20.3. The Balaban J connectivity index is 1.93. The second-order valence-corrected chi connectivity index (χ2v) is 11.2. The number of likely N-dealkylation sites (tertiary alicyclic amines) is 1. The topological polar surface area (TPSA) is 104 Å². The molecular formula is C14H23N3O5S3. The van der Waals surface area contributed by atoms with Gasteiger partial charge in [-0.25, -0.2) is 21.6 Å². The van der Waals surface area contributed by atoms with Crippen LogP contribution in [0.3, 0.4) is 0 Å². The molecule has 0 bridgehead atoms. The highest BCUT2D eigenvalue weighted by Crippen LogP contribution is 2.21.